The Bertz CT molecular complexity index is 554. The van der Waals surface area contributed by atoms with Crippen molar-refractivity contribution in [1.29, 1.82) is 0 Å². The first-order valence-corrected chi connectivity index (χ1v) is 11.1. The van der Waals surface area contributed by atoms with Gasteiger partial charge < -0.3 is 9.53 Å². The van der Waals surface area contributed by atoms with Gasteiger partial charge in [-0.2, -0.15) is 0 Å². The van der Waals surface area contributed by atoms with E-state index in [-0.39, 0.29) is 5.92 Å². The third kappa shape index (κ3) is 4.74. The maximum atomic E-state index is 11.5. The summed E-state index contributed by atoms with van der Waals surface area (Å²) in [6, 6.07) is 7.88. The SMILES string of the molecule is COc1ccc(CC(C#C[Si](C(C)C)(C(C)C)C(C)C)C=O)cc1. The second-order valence-corrected chi connectivity index (χ2v) is 13.0. The van der Waals surface area contributed by atoms with Gasteiger partial charge in [0.25, 0.3) is 0 Å². The highest BCUT2D eigenvalue weighted by atomic mass is 28.3. The fraction of sp³-hybridized carbons (Fsp3) is 0.571. The Labute approximate surface area is 149 Å². The summed E-state index contributed by atoms with van der Waals surface area (Å²) in [6.07, 6.45) is 1.66. The smallest absolute Gasteiger partial charge is 0.145 e. The molecular formula is C21H32O2Si. The fourth-order valence-electron chi connectivity index (χ4n) is 3.80. The minimum atomic E-state index is -1.78. The van der Waals surface area contributed by atoms with E-state index in [1.165, 1.54) is 0 Å². The number of methoxy groups -OCH3 is 1. The second kappa shape index (κ2) is 9.08. The molecule has 0 radical (unpaired) electrons. The molecule has 0 saturated heterocycles. The summed E-state index contributed by atoms with van der Waals surface area (Å²) < 4.78 is 5.18. The Balaban J connectivity index is 3.04. The molecule has 1 unspecified atom stereocenters. The predicted molar refractivity (Wildman–Crippen MR) is 105 cm³/mol. The van der Waals surface area contributed by atoms with Gasteiger partial charge in [-0.3, -0.25) is 0 Å². The Kier molecular flexibility index (Phi) is 7.76. The van der Waals surface area contributed by atoms with E-state index in [2.05, 4.69) is 53.0 Å². The molecule has 0 fully saturated rings. The molecule has 24 heavy (non-hydrogen) atoms. The van der Waals surface area contributed by atoms with Crippen molar-refractivity contribution in [2.75, 3.05) is 7.11 Å². The van der Waals surface area contributed by atoms with Gasteiger partial charge in [-0.05, 0) is 40.7 Å². The molecule has 0 spiro atoms. The van der Waals surface area contributed by atoms with Crippen LogP contribution in [-0.4, -0.2) is 21.5 Å². The molecule has 0 aliphatic carbocycles. The number of hydrogen-bond acceptors (Lipinski definition) is 2. The van der Waals surface area contributed by atoms with E-state index in [0.29, 0.717) is 23.0 Å². The first kappa shape index (κ1) is 20.5. The molecule has 0 heterocycles. The van der Waals surface area contributed by atoms with E-state index in [4.69, 9.17) is 4.74 Å². The molecule has 3 heteroatoms. The molecule has 0 aliphatic heterocycles. The monoisotopic (exact) mass is 344 g/mol. The molecular weight excluding hydrogens is 312 g/mol. The van der Waals surface area contributed by atoms with Crippen LogP contribution < -0.4 is 4.74 Å². The maximum absolute atomic E-state index is 11.5. The fourth-order valence-corrected chi connectivity index (χ4v) is 9.10. The van der Waals surface area contributed by atoms with Crippen LogP contribution in [0.2, 0.25) is 16.6 Å². The number of carbonyl (C=O) groups is 1. The summed E-state index contributed by atoms with van der Waals surface area (Å²) >= 11 is 0. The van der Waals surface area contributed by atoms with Crippen molar-refractivity contribution < 1.29 is 9.53 Å². The molecule has 1 aromatic rings. The molecule has 0 N–H and O–H groups in total. The second-order valence-electron chi connectivity index (χ2n) is 7.46. The molecule has 2 nitrogen and oxygen atoms in total. The number of carbonyl (C=O) groups excluding carboxylic acids is 1. The van der Waals surface area contributed by atoms with Crippen molar-refractivity contribution in [3.8, 4) is 17.2 Å². The third-order valence-electron chi connectivity index (χ3n) is 5.12. The molecule has 1 rings (SSSR count). The third-order valence-corrected chi connectivity index (χ3v) is 11.4. The van der Waals surface area contributed by atoms with Gasteiger partial charge in [0.2, 0.25) is 0 Å². The standard InChI is InChI=1S/C21H32O2Si/c1-16(2)24(17(3)4,18(5)6)13-12-20(15-22)14-19-8-10-21(23-7)11-9-19/h8-11,15-18,20H,14H2,1-7H3. The van der Waals surface area contributed by atoms with Gasteiger partial charge in [0.05, 0.1) is 13.0 Å². The number of rotatable bonds is 7. The lowest BCUT2D eigenvalue weighted by atomic mass is 10.0. The van der Waals surface area contributed by atoms with Crippen LogP contribution in [0.25, 0.3) is 0 Å². The minimum Gasteiger partial charge on any atom is -0.497 e. The molecule has 1 aromatic carbocycles. The molecule has 0 aromatic heterocycles. The van der Waals surface area contributed by atoms with Crippen LogP contribution in [0.4, 0.5) is 0 Å². The first-order valence-electron chi connectivity index (χ1n) is 8.88. The number of hydrogen-bond donors (Lipinski definition) is 0. The van der Waals surface area contributed by atoms with E-state index in [1.807, 2.05) is 24.3 Å². The maximum Gasteiger partial charge on any atom is 0.145 e. The lowest BCUT2D eigenvalue weighted by Gasteiger charge is -2.38. The normalized spacial score (nSPS) is 12.9. The van der Waals surface area contributed by atoms with E-state index in [0.717, 1.165) is 17.6 Å². The average Bonchev–Trinajstić information content (AvgIpc) is 2.53. The Morgan fingerprint density at radius 1 is 1.00 bits per heavy atom. The molecule has 0 amide bonds. The number of benzene rings is 1. The topological polar surface area (TPSA) is 26.3 Å². The molecule has 1 atom stereocenters. The van der Waals surface area contributed by atoms with Crippen LogP contribution in [0.1, 0.15) is 47.1 Å². The van der Waals surface area contributed by atoms with Crippen molar-refractivity contribution >= 4 is 14.4 Å². The van der Waals surface area contributed by atoms with Crippen LogP contribution in [-0.2, 0) is 11.2 Å². The van der Waals surface area contributed by atoms with Crippen LogP contribution >= 0.6 is 0 Å². The number of ether oxygens (including phenoxy) is 1. The zero-order valence-corrected chi connectivity index (χ0v) is 17.2. The molecule has 0 aliphatic rings. The van der Waals surface area contributed by atoms with Crippen molar-refractivity contribution in [1.82, 2.24) is 0 Å². The van der Waals surface area contributed by atoms with Gasteiger partial charge in [-0.15, -0.1) is 5.54 Å². The highest BCUT2D eigenvalue weighted by Gasteiger charge is 2.41. The van der Waals surface area contributed by atoms with Crippen molar-refractivity contribution in [2.45, 2.75) is 64.6 Å². The first-order chi connectivity index (χ1) is 11.3. The van der Waals surface area contributed by atoms with Gasteiger partial charge in [-0.25, -0.2) is 0 Å². The lowest BCUT2D eigenvalue weighted by molar-refractivity contribution is -0.109. The Morgan fingerprint density at radius 3 is 1.88 bits per heavy atom. The van der Waals surface area contributed by atoms with Gasteiger partial charge in [0.1, 0.15) is 20.1 Å². The van der Waals surface area contributed by atoms with E-state index < -0.39 is 8.07 Å². The summed E-state index contributed by atoms with van der Waals surface area (Å²) in [5.41, 5.74) is 6.52. The molecule has 0 saturated carbocycles. The average molecular weight is 345 g/mol. The Morgan fingerprint density at radius 2 is 1.50 bits per heavy atom. The summed E-state index contributed by atoms with van der Waals surface area (Å²) in [4.78, 5) is 11.5. The van der Waals surface area contributed by atoms with E-state index >= 15 is 0 Å². The van der Waals surface area contributed by atoms with Crippen LogP contribution in [0.15, 0.2) is 24.3 Å². The van der Waals surface area contributed by atoms with Crippen molar-refractivity contribution in [2.24, 2.45) is 5.92 Å². The van der Waals surface area contributed by atoms with Gasteiger partial charge in [0.15, 0.2) is 0 Å². The van der Waals surface area contributed by atoms with Gasteiger partial charge in [-0.1, -0.05) is 59.6 Å². The summed E-state index contributed by atoms with van der Waals surface area (Å²) in [6.45, 7) is 13.8. The summed E-state index contributed by atoms with van der Waals surface area (Å²) in [7, 11) is -0.123. The van der Waals surface area contributed by atoms with Crippen LogP contribution in [0.3, 0.4) is 0 Å². The summed E-state index contributed by atoms with van der Waals surface area (Å²) in [5.74, 6) is 3.94. The van der Waals surface area contributed by atoms with E-state index in [1.54, 1.807) is 7.11 Å². The van der Waals surface area contributed by atoms with Crippen molar-refractivity contribution in [3.63, 3.8) is 0 Å². The quantitative estimate of drug-likeness (QED) is 0.382. The van der Waals surface area contributed by atoms with Gasteiger partial charge in [0, 0.05) is 0 Å². The lowest BCUT2D eigenvalue weighted by Crippen LogP contribution is -2.43. The largest absolute Gasteiger partial charge is 0.497 e. The molecule has 0 bridgehead atoms. The zero-order valence-electron chi connectivity index (χ0n) is 16.2. The Hall–Kier alpha value is -1.53. The zero-order chi connectivity index (χ0) is 18.3. The van der Waals surface area contributed by atoms with Gasteiger partial charge >= 0.3 is 0 Å². The highest BCUT2D eigenvalue weighted by molar-refractivity contribution is 6.90. The van der Waals surface area contributed by atoms with Crippen LogP contribution in [0.5, 0.6) is 5.75 Å². The summed E-state index contributed by atoms with van der Waals surface area (Å²) in [5, 5.41) is 0. The highest BCUT2D eigenvalue weighted by Crippen LogP contribution is 2.40. The predicted octanol–water partition coefficient (Wildman–Crippen LogP) is 5.27. The van der Waals surface area contributed by atoms with Crippen LogP contribution in [0, 0.1) is 17.4 Å². The van der Waals surface area contributed by atoms with E-state index in [9.17, 15) is 4.79 Å². The number of aldehydes is 1. The molecule has 132 valence electrons. The van der Waals surface area contributed by atoms with Crippen molar-refractivity contribution in [3.05, 3.63) is 29.8 Å². The minimum absolute atomic E-state index is 0.235.